The summed E-state index contributed by atoms with van der Waals surface area (Å²) in [5.41, 5.74) is -3.79. The van der Waals surface area contributed by atoms with E-state index in [9.17, 15) is 38.4 Å². The van der Waals surface area contributed by atoms with Gasteiger partial charge in [0.25, 0.3) is 5.91 Å². The van der Waals surface area contributed by atoms with Gasteiger partial charge in [0.1, 0.15) is 12.1 Å². The highest BCUT2D eigenvalue weighted by molar-refractivity contribution is 8.76. The van der Waals surface area contributed by atoms with Crippen LogP contribution in [0.3, 0.4) is 0 Å². The fraction of sp³-hybridized carbons (Fsp3) is 0.800. The van der Waals surface area contributed by atoms with E-state index in [1.54, 1.807) is 83.1 Å². The van der Waals surface area contributed by atoms with Crippen LogP contribution in [0.25, 0.3) is 0 Å². The molecule has 0 spiro atoms. The third kappa shape index (κ3) is 42.0. The van der Waals surface area contributed by atoms with Crippen LogP contribution in [0, 0.1) is 21.7 Å². The van der Waals surface area contributed by atoms with Crippen LogP contribution in [0.1, 0.15) is 181 Å². The first-order chi connectivity index (χ1) is 29.4. The highest BCUT2D eigenvalue weighted by atomic mass is 33.1. The third-order valence-corrected chi connectivity index (χ3v) is 10.6. The predicted molar refractivity (Wildman–Crippen MR) is 305 cm³/mol. The van der Waals surface area contributed by atoms with Crippen LogP contribution >= 0.6 is 35.1 Å². The smallest absolute Gasteiger partial charge is 0.267 e. The Balaban J connectivity index is -0.000000187. The van der Waals surface area contributed by atoms with Gasteiger partial charge in [0.15, 0.2) is 0 Å². The molecule has 0 saturated carbocycles. The summed E-state index contributed by atoms with van der Waals surface area (Å²) in [6.45, 7) is 47.5. The van der Waals surface area contributed by atoms with Crippen LogP contribution < -0.4 is 42.5 Å². The lowest BCUT2D eigenvalue weighted by Gasteiger charge is -2.29. The van der Waals surface area contributed by atoms with E-state index in [2.05, 4.69) is 49.1 Å². The first-order valence-corrected chi connectivity index (χ1v) is 25.5. The molecule has 0 saturated heterocycles. The quantitative estimate of drug-likeness (QED) is 0.0378. The molecule has 0 rings (SSSR count). The zero-order chi connectivity index (χ0) is 54.1. The summed E-state index contributed by atoms with van der Waals surface area (Å²) in [6.07, 6.45) is 0. The lowest BCUT2D eigenvalue weighted by atomic mass is 9.95. The lowest BCUT2D eigenvalue weighted by Crippen LogP contribution is -2.55. The van der Waals surface area contributed by atoms with Gasteiger partial charge >= 0.3 is 0 Å². The summed E-state index contributed by atoms with van der Waals surface area (Å²) in [4.78, 5) is 97.4. The van der Waals surface area contributed by atoms with Gasteiger partial charge in [-0.2, -0.15) is 13.5 Å². The van der Waals surface area contributed by atoms with Crippen LogP contribution in [0.4, 0.5) is 0 Å². The van der Waals surface area contributed by atoms with Crippen molar-refractivity contribution in [2.45, 2.75) is 221 Å². The molecule has 0 aromatic rings. The standard InChI is InChI=1S/C24H46N4O4S2.C12H24N2O2S.C12H22N2O2.2CH4.H2O.H2S/c1-21(2,3)19(31)25-15(17(29)27-23(7,8)9)13-33-34-14-16(18(30)28-24(10,11)12)26-20(32)22(4,5)6;1-11(2,3)10(16)13-8(7-17)9(15)14-12(4,5)6;1-8(9(15)14-12(5,6)7)13-10(16)11(2,3)4;;;;/h15-16H,13-14H2,1-12H3,(H,25,31)(H,26,32)(H,27,29)(H,28,30);8,17H,7H2,1-6H3,(H,13,16)(H,14,15);1H2,2-7H3,(H,13,16)(H,14,15);2*1H4;2*1H2/p-2. The van der Waals surface area contributed by atoms with Crippen LogP contribution in [-0.2, 0) is 51.0 Å². The van der Waals surface area contributed by atoms with Gasteiger partial charge in [0.2, 0.25) is 41.4 Å². The molecule has 0 aliphatic heterocycles. The van der Waals surface area contributed by atoms with E-state index in [-0.39, 0.29) is 104 Å². The van der Waals surface area contributed by atoms with Crippen molar-refractivity contribution in [3.63, 3.8) is 0 Å². The number of rotatable bonds is 14. The van der Waals surface area contributed by atoms with Gasteiger partial charge in [-0.1, -0.05) is 126 Å². The van der Waals surface area contributed by atoms with Crippen molar-refractivity contribution in [3.8, 4) is 0 Å². The van der Waals surface area contributed by atoms with E-state index >= 15 is 0 Å². The Hall–Kier alpha value is -3.14. The minimum atomic E-state index is -0.727. The summed E-state index contributed by atoms with van der Waals surface area (Å²) in [5, 5.41) is 22.2. The van der Waals surface area contributed by atoms with Gasteiger partial charge in [0, 0.05) is 55.3 Å². The Morgan fingerprint density at radius 3 is 0.859 bits per heavy atom. The van der Waals surface area contributed by atoms with E-state index in [0.29, 0.717) is 11.5 Å². The second-order valence-corrected chi connectivity index (χ2v) is 27.6. The summed E-state index contributed by atoms with van der Waals surface area (Å²) >= 11 is 4.90. The second kappa shape index (κ2) is 32.9. The van der Waals surface area contributed by atoms with E-state index in [0.717, 1.165) is 0 Å². The molecule has 9 N–H and O–H groups in total. The minimum absolute atomic E-state index is 0. The monoisotopic (exact) mass is 1090 g/mol. The van der Waals surface area contributed by atoms with Crippen molar-refractivity contribution in [1.82, 2.24) is 42.5 Å². The van der Waals surface area contributed by atoms with Crippen LogP contribution in [-0.4, -0.2) is 110 Å². The van der Waals surface area contributed by atoms with Crippen molar-refractivity contribution in [3.05, 3.63) is 12.3 Å². The number of carbonyl (C=O) groups is 8. The van der Waals surface area contributed by atoms with Gasteiger partial charge in [-0.15, -0.1) is 5.75 Å². The topological polar surface area (TPSA) is 263 Å². The summed E-state index contributed by atoms with van der Waals surface area (Å²) in [6, 6.07) is -2.10. The van der Waals surface area contributed by atoms with Crippen molar-refractivity contribution in [2.75, 3.05) is 17.3 Å². The van der Waals surface area contributed by atoms with E-state index in [1.807, 2.05) is 83.1 Å². The number of carbonyl (C=O) groups excluding carboxylic acids is 8. The average Bonchev–Trinajstić information content (AvgIpc) is 3.06. The molecule has 17 nitrogen and oxygen atoms in total. The van der Waals surface area contributed by atoms with Gasteiger partial charge < -0.3 is 60.6 Å². The van der Waals surface area contributed by atoms with Gasteiger partial charge in [-0.3, -0.25) is 38.4 Å². The number of hydrogen-bond acceptors (Lipinski definition) is 12. The Labute approximate surface area is 451 Å². The first-order valence-electron chi connectivity index (χ1n) is 22.5. The molecule has 0 aliphatic carbocycles. The predicted octanol–water partition coefficient (Wildman–Crippen LogP) is 7.02. The van der Waals surface area contributed by atoms with E-state index in [1.165, 1.54) is 21.6 Å². The molecule has 21 heteroatoms. The van der Waals surface area contributed by atoms with Crippen molar-refractivity contribution in [2.24, 2.45) is 21.7 Å². The molecule has 8 amide bonds. The normalized spacial score (nSPS) is 13.0. The van der Waals surface area contributed by atoms with Crippen LogP contribution in [0.2, 0.25) is 0 Å². The zero-order valence-electron chi connectivity index (χ0n) is 46.5. The van der Waals surface area contributed by atoms with Crippen LogP contribution in [0.5, 0.6) is 0 Å². The first kappa shape index (κ1) is 81.9. The maximum Gasteiger partial charge on any atom is 0.267 e. The number of amides is 8. The maximum atomic E-state index is 12.8. The Bertz CT molecular complexity index is 1640. The minimum Gasteiger partial charge on any atom is -0.870 e. The molecular weight excluding hydrogens is 985 g/mol. The average molecular weight is 1090 g/mol. The lowest BCUT2D eigenvalue weighted by molar-refractivity contribution is -0.133. The molecule has 0 fully saturated rings. The molecule has 0 aliphatic rings. The molecule has 0 radical (unpaired) electrons. The van der Waals surface area contributed by atoms with Crippen LogP contribution in [0.15, 0.2) is 12.3 Å². The zero-order valence-corrected chi connectivity index (χ0v) is 49.9. The molecule has 0 aromatic carbocycles. The second-order valence-electron chi connectivity index (χ2n) is 24.7. The largest absolute Gasteiger partial charge is 0.870 e. The molecule has 0 aromatic heterocycles. The fourth-order valence-corrected chi connectivity index (χ4v) is 6.64. The summed E-state index contributed by atoms with van der Waals surface area (Å²) in [5.74, 6) is -1.14. The highest BCUT2D eigenvalue weighted by Crippen LogP contribution is 2.25. The van der Waals surface area contributed by atoms with Gasteiger partial charge in [-0.05, 0) is 83.1 Å². The molecule has 71 heavy (non-hydrogen) atoms. The Morgan fingerprint density at radius 1 is 0.423 bits per heavy atom. The van der Waals surface area contributed by atoms with Gasteiger partial charge in [-0.25, -0.2) is 0 Å². The van der Waals surface area contributed by atoms with Crippen molar-refractivity contribution < 1.29 is 43.8 Å². The molecular formula is C50H102N8O9S4-2. The summed E-state index contributed by atoms with van der Waals surface area (Å²) < 4.78 is 0. The molecule has 0 bridgehead atoms. The third-order valence-electron chi connectivity index (χ3n) is 7.83. The summed E-state index contributed by atoms with van der Waals surface area (Å²) in [7, 11) is 2.75. The molecule has 3 unspecified atom stereocenters. The molecule has 3 atom stereocenters. The number of hydrogen-bond donors (Lipinski definition) is 8. The fourth-order valence-electron chi connectivity index (χ4n) is 4.07. The van der Waals surface area contributed by atoms with E-state index in [4.69, 9.17) is 12.6 Å². The molecule has 422 valence electrons. The molecule has 0 heterocycles. The highest BCUT2D eigenvalue weighted by Gasteiger charge is 2.32. The number of nitrogens with one attached hydrogen (secondary N) is 8. The SMILES string of the molecule is C.C.C=C(NC(=O)C(C)(C)C)C(=O)NC(C)(C)C.CC(C)(C)NC(=O)C(CSSCC(NC(=O)C(C)(C)C)C(=O)NC(C)(C)C)NC(=O)C(C)(C)C.CC(C)(C)NC(=O)C(C[S-])NC(=O)C(C)(C)C.S.[OH-]. The Morgan fingerprint density at radius 2 is 0.648 bits per heavy atom. The van der Waals surface area contributed by atoms with Crippen molar-refractivity contribution in [1.29, 1.82) is 0 Å². The maximum absolute atomic E-state index is 12.8. The Kier molecular flexibility index (Phi) is 38.0. The van der Waals surface area contributed by atoms with Gasteiger partial charge in [0.05, 0.1) is 11.7 Å². The van der Waals surface area contributed by atoms with E-state index < -0.39 is 50.9 Å². The van der Waals surface area contributed by atoms with Crippen molar-refractivity contribution >= 4 is 95.0 Å².